The number of para-hydroxylation sites is 1. The van der Waals surface area contributed by atoms with Crippen LogP contribution >= 0.6 is 12.6 Å². The van der Waals surface area contributed by atoms with Gasteiger partial charge in [-0.3, -0.25) is 0 Å². The van der Waals surface area contributed by atoms with Gasteiger partial charge < -0.3 is 4.90 Å². The minimum Gasteiger partial charge on any atom is -0.371 e. The molecule has 1 nitrogen and oxygen atoms in total. The average Bonchev–Trinajstić information content (AvgIpc) is 2.58. The van der Waals surface area contributed by atoms with Crippen LogP contribution in [0.2, 0.25) is 0 Å². The highest BCUT2D eigenvalue weighted by atomic mass is 32.1. The number of rotatable bonds is 4. The predicted octanol–water partition coefficient (Wildman–Crippen LogP) is 4.03. The summed E-state index contributed by atoms with van der Waals surface area (Å²) in [6, 6.07) is 8.92. The molecule has 18 heavy (non-hydrogen) atoms. The van der Waals surface area contributed by atoms with Gasteiger partial charge in [0.25, 0.3) is 0 Å². The number of benzene rings is 1. The van der Waals surface area contributed by atoms with Gasteiger partial charge in [-0.05, 0) is 48.5 Å². The van der Waals surface area contributed by atoms with Gasteiger partial charge in [0, 0.05) is 18.8 Å². The van der Waals surface area contributed by atoms with Crippen LogP contribution in [0.15, 0.2) is 24.3 Å². The minimum atomic E-state index is 0.680. The summed E-state index contributed by atoms with van der Waals surface area (Å²) in [5.74, 6) is 2.37. The molecule has 0 aromatic heterocycles. The number of aryl methyl sites for hydroxylation is 1. The van der Waals surface area contributed by atoms with Crippen molar-refractivity contribution in [1.82, 2.24) is 0 Å². The zero-order valence-corrected chi connectivity index (χ0v) is 12.5. The summed E-state index contributed by atoms with van der Waals surface area (Å²) in [6.45, 7) is 6.97. The van der Waals surface area contributed by atoms with E-state index in [1.54, 1.807) is 0 Å². The third-order valence-corrected chi connectivity index (χ3v) is 4.56. The Balaban J connectivity index is 2.17. The molecule has 0 radical (unpaired) electrons. The molecule has 2 rings (SSSR count). The van der Waals surface area contributed by atoms with Crippen molar-refractivity contribution in [2.75, 3.05) is 23.7 Å². The molecule has 1 aliphatic rings. The average molecular weight is 263 g/mol. The lowest BCUT2D eigenvalue weighted by molar-refractivity contribution is 0.423. The summed E-state index contributed by atoms with van der Waals surface area (Å²) in [4.78, 5) is 2.59. The second-order valence-electron chi connectivity index (χ2n) is 5.72. The summed E-state index contributed by atoms with van der Waals surface area (Å²) in [7, 11) is 0. The van der Waals surface area contributed by atoms with Crippen LogP contribution in [0.4, 0.5) is 5.69 Å². The lowest BCUT2D eigenvalue weighted by Gasteiger charge is -2.30. The van der Waals surface area contributed by atoms with Crippen molar-refractivity contribution in [2.45, 2.75) is 33.1 Å². The monoisotopic (exact) mass is 263 g/mol. The molecule has 2 heteroatoms. The van der Waals surface area contributed by atoms with Crippen LogP contribution in [-0.4, -0.2) is 18.8 Å². The fraction of sp³-hybridized carbons (Fsp3) is 0.625. The molecule has 0 bridgehead atoms. The number of hydrogen-bond acceptors (Lipinski definition) is 2. The minimum absolute atomic E-state index is 0.680. The van der Waals surface area contributed by atoms with Crippen LogP contribution in [0.25, 0.3) is 0 Å². The van der Waals surface area contributed by atoms with Crippen molar-refractivity contribution in [3.05, 3.63) is 29.8 Å². The van der Waals surface area contributed by atoms with Crippen molar-refractivity contribution in [3.63, 3.8) is 0 Å². The number of anilines is 1. The highest BCUT2D eigenvalue weighted by molar-refractivity contribution is 7.80. The lowest BCUT2D eigenvalue weighted by atomic mass is 9.97. The van der Waals surface area contributed by atoms with Gasteiger partial charge in [0.2, 0.25) is 0 Å². The molecular formula is C16H25NS. The van der Waals surface area contributed by atoms with E-state index in [2.05, 4.69) is 55.6 Å². The highest BCUT2D eigenvalue weighted by Crippen LogP contribution is 2.28. The van der Waals surface area contributed by atoms with Gasteiger partial charge in [-0.25, -0.2) is 0 Å². The van der Waals surface area contributed by atoms with Crippen molar-refractivity contribution in [3.8, 4) is 0 Å². The molecule has 0 fully saturated rings. The lowest BCUT2D eigenvalue weighted by Crippen LogP contribution is -2.33. The first-order valence-electron chi connectivity index (χ1n) is 7.16. The summed E-state index contributed by atoms with van der Waals surface area (Å²) in [5.41, 5.74) is 2.99. The van der Waals surface area contributed by atoms with Gasteiger partial charge in [-0.15, -0.1) is 0 Å². The fourth-order valence-electron chi connectivity index (χ4n) is 2.72. The van der Waals surface area contributed by atoms with E-state index in [-0.39, 0.29) is 0 Å². The maximum absolute atomic E-state index is 4.53. The Hall–Kier alpha value is -0.630. The molecule has 1 heterocycles. The van der Waals surface area contributed by atoms with Crippen molar-refractivity contribution in [2.24, 2.45) is 11.8 Å². The molecule has 1 aromatic rings. The van der Waals surface area contributed by atoms with Gasteiger partial charge in [0.15, 0.2) is 0 Å². The second kappa shape index (κ2) is 6.51. The van der Waals surface area contributed by atoms with Crippen LogP contribution in [0, 0.1) is 11.8 Å². The van der Waals surface area contributed by atoms with E-state index in [4.69, 9.17) is 0 Å². The first kappa shape index (κ1) is 13.8. The number of nitrogens with zero attached hydrogens (tertiary/aromatic N) is 1. The van der Waals surface area contributed by atoms with E-state index in [9.17, 15) is 0 Å². The van der Waals surface area contributed by atoms with Crippen LogP contribution in [0.5, 0.6) is 0 Å². The van der Waals surface area contributed by atoms with Crippen molar-refractivity contribution in [1.29, 1.82) is 0 Å². The van der Waals surface area contributed by atoms with Gasteiger partial charge >= 0.3 is 0 Å². The molecular weight excluding hydrogens is 238 g/mol. The van der Waals surface area contributed by atoms with Gasteiger partial charge in [-0.1, -0.05) is 32.0 Å². The van der Waals surface area contributed by atoms with Crippen LogP contribution in [0.1, 0.15) is 32.3 Å². The second-order valence-corrected chi connectivity index (χ2v) is 6.08. The summed E-state index contributed by atoms with van der Waals surface area (Å²) in [6.07, 6.45) is 3.87. The molecule has 0 saturated carbocycles. The zero-order chi connectivity index (χ0) is 13.0. The Morgan fingerprint density at radius 1 is 1.22 bits per heavy atom. The van der Waals surface area contributed by atoms with E-state index < -0.39 is 0 Å². The predicted molar refractivity (Wildman–Crippen MR) is 83.8 cm³/mol. The van der Waals surface area contributed by atoms with E-state index in [1.165, 1.54) is 37.1 Å². The Labute approximate surface area is 117 Å². The number of hydrogen-bond donors (Lipinski definition) is 1. The van der Waals surface area contributed by atoms with Gasteiger partial charge in [0.05, 0.1) is 0 Å². The molecule has 1 aromatic carbocycles. The van der Waals surface area contributed by atoms with E-state index in [1.807, 2.05) is 0 Å². The maximum atomic E-state index is 4.53. The quantitative estimate of drug-likeness (QED) is 0.803. The molecule has 0 aliphatic carbocycles. The fourth-order valence-corrected chi connectivity index (χ4v) is 3.26. The van der Waals surface area contributed by atoms with Crippen LogP contribution in [-0.2, 0) is 6.42 Å². The Kier molecular flexibility index (Phi) is 4.99. The standard InChI is InChI=1S/C16H25NS/c1-13(2)15(12-18)11-17-10-6-5-8-14-7-3-4-9-16(14)17/h3-4,7,9,13,15,18H,5-6,8,10-12H2,1-2H3. The largest absolute Gasteiger partial charge is 0.371 e. The molecule has 1 atom stereocenters. The normalized spacial score (nSPS) is 17.4. The smallest absolute Gasteiger partial charge is 0.0398 e. The van der Waals surface area contributed by atoms with Crippen LogP contribution in [0.3, 0.4) is 0 Å². The molecule has 100 valence electrons. The molecule has 1 unspecified atom stereocenters. The Bertz CT molecular complexity index is 375. The van der Waals surface area contributed by atoms with Crippen molar-refractivity contribution >= 4 is 18.3 Å². The Morgan fingerprint density at radius 2 is 2.00 bits per heavy atom. The Morgan fingerprint density at radius 3 is 2.72 bits per heavy atom. The van der Waals surface area contributed by atoms with E-state index >= 15 is 0 Å². The topological polar surface area (TPSA) is 3.24 Å². The maximum Gasteiger partial charge on any atom is 0.0398 e. The molecule has 0 N–H and O–H groups in total. The molecule has 0 spiro atoms. The first-order valence-corrected chi connectivity index (χ1v) is 7.79. The van der Waals surface area contributed by atoms with Gasteiger partial charge in [0.1, 0.15) is 0 Å². The summed E-state index contributed by atoms with van der Waals surface area (Å²) in [5, 5.41) is 0. The SMILES string of the molecule is CC(C)C(CS)CN1CCCCc2ccccc21. The molecule has 0 amide bonds. The highest BCUT2D eigenvalue weighted by Gasteiger charge is 2.20. The third kappa shape index (κ3) is 3.23. The third-order valence-electron chi connectivity index (χ3n) is 4.09. The summed E-state index contributed by atoms with van der Waals surface area (Å²) >= 11 is 4.53. The summed E-state index contributed by atoms with van der Waals surface area (Å²) < 4.78 is 0. The van der Waals surface area contributed by atoms with Crippen LogP contribution < -0.4 is 4.90 Å². The molecule has 1 aliphatic heterocycles. The number of thiol groups is 1. The van der Waals surface area contributed by atoms with Crippen molar-refractivity contribution < 1.29 is 0 Å². The van der Waals surface area contributed by atoms with E-state index in [0.29, 0.717) is 11.8 Å². The van der Waals surface area contributed by atoms with E-state index in [0.717, 1.165) is 12.3 Å². The molecule has 0 saturated heterocycles. The van der Waals surface area contributed by atoms with Gasteiger partial charge in [-0.2, -0.15) is 12.6 Å². The number of fused-ring (bicyclic) bond motifs is 1. The zero-order valence-electron chi connectivity index (χ0n) is 11.6. The first-order chi connectivity index (χ1) is 8.72.